The Balaban J connectivity index is 1.90. The number of aromatic nitrogens is 2. The average molecular weight is 265 g/mol. The Bertz CT molecular complexity index is 383. The second-order valence-corrected chi connectivity index (χ2v) is 5.81. The molecule has 0 aromatic carbocycles. The van der Waals surface area contributed by atoms with Gasteiger partial charge in [-0.05, 0) is 32.1 Å². The summed E-state index contributed by atoms with van der Waals surface area (Å²) in [7, 11) is 1.96. The van der Waals surface area contributed by atoms with Gasteiger partial charge in [0.05, 0.1) is 5.69 Å². The molecule has 0 spiro atoms. The summed E-state index contributed by atoms with van der Waals surface area (Å²) < 4.78 is 1.87. The van der Waals surface area contributed by atoms with Gasteiger partial charge in [-0.25, -0.2) is 0 Å². The first-order valence-corrected chi connectivity index (χ1v) is 7.54. The molecule has 1 fully saturated rings. The van der Waals surface area contributed by atoms with Crippen molar-refractivity contribution in [3.8, 4) is 0 Å². The van der Waals surface area contributed by atoms with E-state index in [1.807, 2.05) is 11.7 Å². The van der Waals surface area contributed by atoms with Gasteiger partial charge >= 0.3 is 0 Å². The lowest BCUT2D eigenvalue weighted by atomic mass is 9.82. The molecule has 1 heterocycles. The number of nitrogens with zero attached hydrogens (tertiary/aromatic N) is 2. The smallest absolute Gasteiger partial charge is 0.0638 e. The fraction of sp³-hybridized carbons (Fsp3) is 0.800. The van der Waals surface area contributed by atoms with Gasteiger partial charge in [0.2, 0.25) is 0 Å². The van der Waals surface area contributed by atoms with Crippen molar-refractivity contribution in [2.75, 3.05) is 6.61 Å². The van der Waals surface area contributed by atoms with E-state index in [2.05, 4.69) is 23.5 Å². The molecule has 0 radical (unpaired) electrons. The highest BCUT2D eigenvalue weighted by Gasteiger charge is 2.23. The second-order valence-electron chi connectivity index (χ2n) is 5.81. The predicted molar refractivity (Wildman–Crippen MR) is 76.9 cm³/mol. The first kappa shape index (κ1) is 14.5. The van der Waals surface area contributed by atoms with Crippen LogP contribution in [0.1, 0.15) is 49.8 Å². The van der Waals surface area contributed by atoms with E-state index >= 15 is 0 Å². The molecule has 1 aromatic rings. The van der Waals surface area contributed by atoms with Crippen molar-refractivity contribution >= 4 is 0 Å². The van der Waals surface area contributed by atoms with Crippen LogP contribution in [0.5, 0.6) is 0 Å². The summed E-state index contributed by atoms with van der Waals surface area (Å²) in [5.41, 5.74) is 2.36. The lowest BCUT2D eigenvalue weighted by Crippen LogP contribution is -2.37. The highest BCUT2D eigenvalue weighted by molar-refractivity contribution is 5.15. The summed E-state index contributed by atoms with van der Waals surface area (Å²) in [6.45, 7) is 3.19. The fourth-order valence-corrected chi connectivity index (χ4v) is 3.24. The van der Waals surface area contributed by atoms with Crippen molar-refractivity contribution in [3.05, 3.63) is 17.5 Å². The van der Waals surface area contributed by atoms with Crippen LogP contribution in [0, 0.1) is 12.8 Å². The standard InChI is InChI=1S/C15H27N3O/c1-12-14(11-18(2)17-12)10-16-15(8-9-19)13-6-4-3-5-7-13/h11,13,15-16,19H,3-10H2,1-2H3. The topological polar surface area (TPSA) is 50.1 Å². The van der Waals surface area contributed by atoms with E-state index in [0.29, 0.717) is 6.04 Å². The van der Waals surface area contributed by atoms with Crippen molar-refractivity contribution in [1.82, 2.24) is 15.1 Å². The van der Waals surface area contributed by atoms with Crippen LogP contribution < -0.4 is 5.32 Å². The molecule has 2 N–H and O–H groups in total. The first-order valence-electron chi connectivity index (χ1n) is 7.54. The zero-order valence-electron chi connectivity index (χ0n) is 12.2. The molecule has 1 atom stereocenters. The average Bonchev–Trinajstić information content (AvgIpc) is 2.74. The zero-order valence-corrected chi connectivity index (χ0v) is 12.2. The number of aryl methyl sites for hydroxylation is 2. The minimum Gasteiger partial charge on any atom is -0.396 e. The summed E-state index contributed by atoms with van der Waals surface area (Å²) in [5.74, 6) is 0.734. The minimum atomic E-state index is 0.278. The number of aliphatic hydroxyl groups excluding tert-OH is 1. The summed E-state index contributed by atoms with van der Waals surface area (Å²) in [4.78, 5) is 0. The zero-order chi connectivity index (χ0) is 13.7. The number of nitrogens with one attached hydrogen (secondary N) is 1. The van der Waals surface area contributed by atoms with Gasteiger partial charge in [0.15, 0.2) is 0 Å². The Hall–Kier alpha value is -0.870. The fourth-order valence-electron chi connectivity index (χ4n) is 3.24. The molecule has 1 aliphatic rings. The van der Waals surface area contributed by atoms with Crippen LogP contribution in [0.25, 0.3) is 0 Å². The molecule has 0 bridgehead atoms. The quantitative estimate of drug-likeness (QED) is 0.828. The van der Waals surface area contributed by atoms with Gasteiger partial charge in [-0.15, -0.1) is 0 Å². The normalized spacial score (nSPS) is 18.7. The Kier molecular flexibility index (Phi) is 5.40. The van der Waals surface area contributed by atoms with Crippen molar-refractivity contribution in [3.63, 3.8) is 0 Å². The largest absolute Gasteiger partial charge is 0.396 e. The van der Waals surface area contributed by atoms with Crippen LogP contribution in [-0.4, -0.2) is 27.5 Å². The van der Waals surface area contributed by atoms with Crippen molar-refractivity contribution in [1.29, 1.82) is 0 Å². The molecule has 0 saturated heterocycles. The Morgan fingerprint density at radius 2 is 2.16 bits per heavy atom. The Morgan fingerprint density at radius 1 is 1.42 bits per heavy atom. The van der Waals surface area contributed by atoms with Gasteiger partial charge in [0.25, 0.3) is 0 Å². The van der Waals surface area contributed by atoms with E-state index in [0.717, 1.165) is 24.6 Å². The number of rotatable bonds is 6. The van der Waals surface area contributed by atoms with Crippen LogP contribution in [-0.2, 0) is 13.6 Å². The third-order valence-corrected chi connectivity index (χ3v) is 4.33. The van der Waals surface area contributed by atoms with Gasteiger partial charge in [-0.2, -0.15) is 5.10 Å². The molecule has 19 heavy (non-hydrogen) atoms. The van der Waals surface area contributed by atoms with Crippen LogP contribution in [0.4, 0.5) is 0 Å². The van der Waals surface area contributed by atoms with Gasteiger partial charge in [-0.1, -0.05) is 19.3 Å². The molecular weight excluding hydrogens is 238 g/mol. The molecule has 2 rings (SSSR count). The molecule has 1 aromatic heterocycles. The van der Waals surface area contributed by atoms with Crippen molar-refractivity contribution in [2.24, 2.45) is 13.0 Å². The van der Waals surface area contributed by atoms with E-state index < -0.39 is 0 Å². The number of aliphatic hydroxyl groups is 1. The maximum atomic E-state index is 9.27. The molecule has 0 aliphatic heterocycles. The van der Waals surface area contributed by atoms with E-state index in [1.54, 1.807) is 0 Å². The van der Waals surface area contributed by atoms with Crippen molar-refractivity contribution < 1.29 is 5.11 Å². The lowest BCUT2D eigenvalue weighted by molar-refractivity contribution is 0.205. The predicted octanol–water partition coefficient (Wildman–Crippen LogP) is 2.15. The third kappa shape index (κ3) is 4.05. The van der Waals surface area contributed by atoms with E-state index in [-0.39, 0.29) is 6.61 Å². The molecule has 108 valence electrons. The first-order chi connectivity index (χ1) is 9.20. The maximum Gasteiger partial charge on any atom is 0.0638 e. The minimum absolute atomic E-state index is 0.278. The molecule has 1 unspecified atom stereocenters. The number of hydrogen-bond donors (Lipinski definition) is 2. The monoisotopic (exact) mass is 265 g/mol. The van der Waals surface area contributed by atoms with Crippen LogP contribution in [0.3, 0.4) is 0 Å². The summed E-state index contributed by atoms with van der Waals surface area (Å²) >= 11 is 0. The Morgan fingerprint density at radius 3 is 2.74 bits per heavy atom. The van der Waals surface area contributed by atoms with Crippen molar-refractivity contribution in [2.45, 2.75) is 58.0 Å². The summed E-state index contributed by atoms with van der Waals surface area (Å²) in [5, 5.41) is 17.3. The third-order valence-electron chi connectivity index (χ3n) is 4.33. The molecule has 1 aliphatic carbocycles. The van der Waals surface area contributed by atoms with Gasteiger partial charge in [-0.3, -0.25) is 4.68 Å². The molecule has 4 heteroatoms. The summed E-state index contributed by atoms with van der Waals surface area (Å²) in [6, 6.07) is 0.449. The van der Waals surface area contributed by atoms with Gasteiger partial charge in [0, 0.05) is 38.0 Å². The molecule has 4 nitrogen and oxygen atoms in total. The van der Waals surface area contributed by atoms with Crippen LogP contribution >= 0.6 is 0 Å². The van der Waals surface area contributed by atoms with Crippen LogP contribution in [0.15, 0.2) is 6.20 Å². The number of hydrogen-bond acceptors (Lipinski definition) is 3. The molecular formula is C15H27N3O. The summed E-state index contributed by atoms with van der Waals surface area (Å²) in [6.07, 6.45) is 9.64. The van der Waals surface area contributed by atoms with E-state index in [4.69, 9.17) is 0 Å². The highest BCUT2D eigenvalue weighted by Crippen LogP contribution is 2.28. The maximum absolute atomic E-state index is 9.27. The van der Waals surface area contributed by atoms with Crippen LogP contribution in [0.2, 0.25) is 0 Å². The molecule has 0 amide bonds. The second kappa shape index (κ2) is 7.06. The van der Waals surface area contributed by atoms with Gasteiger partial charge < -0.3 is 10.4 Å². The lowest BCUT2D eigenvalue weighted by Gasteiger charge is -2.30. The molecule has 1 saturated carbocycles. The SMILES string of the molecule is Cc1nn(C)cc1CNC(CCO)C1CCCCC1. The highest BCUT2D eigenvalue weighted by atomic mass is 16.3. The van der Waals surface area contributed by atoms with E-state index in [9.17, 15) is 5.11 Å². The van der Waals surface area contributed by atoms with Gasteiger partial charge in [0.1, 0.15) is 0 Å². The van der Waals surface area contributed by atoms with E-state index in [1.165, 1.54) is 37.7 Å². The Labute approximate surface area is 116 Å².